The molecule has 0 radical (unpaired) electrons. The number of phenolic OH excluding ortho intramolecular Hbond substituents is 1. The molecule has 2 aromatic rings. The molecule has 2 rings (SSSR count). The first-order valence-electron chi connectivity index (χ1n) is 6.13. The van der Waals surface area contributed by atoms with Crippen LogP contribution < -0.4 is 10.1 Å². The van der Waals surface area contributed by atoms with Crippen molar-refractivity contribution in [2.45, 2.75) is 6.04 Å². The van der Waals surface area contributed by atoms with Crippen molar-refractivity contribution in [1.29, 1.82) is 0 Å². The number of ether oxygens (including phenoxy) is 1. The van der Waals surface area contributed by atoms with Crippen molar-refractivity contribution in [3.8, 4) is 11.5 Å². The van der Waals surface area contributed by atoms with E-state index in [0.717, 1.165) is 11.8 Å². The monoisotopic (exact) mass is 277 g/mol. The molecule has 2 aromatic carbocycles. The van der Waals surface area contributed by atoms with Gasteiger partial charge in [0.15, 0.2) is 0 Å². The van der Waals surface area contributed by atoms with Gasteiger partial charge in [-0.1, -0.05) is 6.07 Å². The Labute approximate surface area is 116 Å². The average molecular weight is 277 g/mol. The molecule has 0 heterocycles. The Bertz CT molecular complexity index is 569. The van der Waals surface area contributed by atoms with Crippen LogP contribution in [0.2, 0.25) is 0 Å². The molecule has 0 saturated carbocycles. The molecule has 1 unspecified atom stereocenters. The number of hydrogen-bond acceptors (Lipinski definition) is 4. The molecule has 3 N–H and O–H groups in total. The third-order valence-electron chi connectivity index (χ3n) is 2.90. The van der Waals surface area contributed by atoms with E-state index in [0.29, 0.717) is 11.3 Å². The average Bonchev–Trinajstić information content (AvgIpc) is 2.44. The third kappa shape index (κ3) is 3.39. The molecule has 0 aromatic heterocycles. The van der Waals surface area contributed by atoms with Crippen LogP contribution in [0.5, 0.6) is 11.5 Å². The Morgan fingerprint density at radius 2 is 2.05 bits per heavy atom. The van der Waals surface area contributed by atoms with Gasteiger partial charge in [-0.3, -0.25) is 0 Å². The van der Waals surface area contributed by atoms with Crippen LogP contribution in [0, 0.1) is 5.82 Å². The molecule has 0 amide bonds. The largest absolute Gasteiger partial charge is 0.508 e. The fourth-order valence-corrected chi connectivity index (χ4v) is 1.95. The minimum Gasteiger partial charge on any atom is -0.508 e. The molecular formula is C15H16FNO3. The number of phenols is 1. The van der Waals surface area contributed by atoms with Gasteiger partial charge in [-0.2, -0.15) is 0 Å². The summed E-state index contributed by atoms with van der Waals surface area (Å²) in [7, 11) is 1.56. The van der Waals surface area contributed by atoms with Gasteiger partial charge >= 0.3 is 0 Å². The smallest absolute Gasteiger partial charge is 0.127 e. The lowest BCUT2D eigenvalue weighted by Gasteiger charge is -2.18. The number of methoxy groups -OCH3 is 1. The SMILES string of the molecule is COc1cccc(NC(CO)c2cc(O)cc(F)c2)c1. The van der Waals surface area contributed by atoms with Crippen LogP contribution in [0.3, 0.4) is 0 Å². The Morgan fingerprint density at radius 3 is 2.70 bits per heavy atom. The molecule has 1 atom stereocenters. The van der Waals surface area contributed by atoms with Crippen LogP contribution in [-0.2, 0) is 0 Å². The Morgan fingerprint density at radius 1 is 1.25 bits per heavy atom. The first kappa shape index (κ1) is 14.1. The lowest BCUT2D eigenvalue weighted by molar-refractivity contribution is 0.276. The highest BCUT2D eigenvalue weighted by atomic mass is 19.1. The summed E-state index contributed by atoms with van der Waals surface area (Å²) in [6.45, 7) is -0.236. The molecule has 0 aliphatic heterocycles. The van der Waals surface area contributed by atoms with Crippen molar-refractivity contribution in [1.82, 2.24) is 0 Å². The maximum atomic E-state index is 13.3. The van der Waals surface area contributed by atoms with Gasteiger partial charge < -0.3 is 20.3 Å². The molecular weight excluding hydrogens is 261 g/mol. The van der Waals surface area contributed by atoms with Crippen molar-refractivity contribution in [2.75, 3.05) is 19.0 Å². The van der Waals surface area contributed by atoms with Crippen LogP contribution >= 0.6 is 0 Å². The maximum Gasteiger partial charge on any atom is 0.127 e. The van der Waals surface area contributed by atoms with Crippen LogP contribution in [-0.4, -0.2) is 23.9 Å². The predicted molar refractivity (Wildman–Crippen MR) is 74.5 cm³/mol. The Balaban J connectivity index is 2.23. The van der Waals surface area contributed by atoms with Gasteiger partial charge in [-0.15, -0.1) is 0 Å². The zero-order chi connectivity index (χ0) is 14.5. The third-order valence-corrected chi connectivity index (χ3v) is 2.90. The highest BCUT2D eigenvalue weighted by Crippen LogP contribution is 2.25. The van der Waals surface area contributed by atoms with Gasteiger partial charge in [-0.25, -0.2) is 4.39 Å². The van der Waals surface area contributed by atoms with E-state index in [2.05, 4.69) is 5.32 Å². The van der Waals surface area contributed by atoms with E-state index < -0.39 is 11.9 Å². The standard InChI is InChI=1S/C15H16FNO3/c1-20-14-4-2-3-12(8-14)17-15(9-18)10-5-11(16)7-13(19)6-10/h2-8,15,17-19H,9H2,1H3. The summed E-state index contributed by atoms with van der Waals surface area (Å²) < 4.78 is 18.4. The summed E-state index contributed by atoms with van der Waals surface area (Å²) in [5.41, 5.74) is 1.19. The lowest BCUT2D eigenvalue weighted by atomic mass is 10.1. The predicted octanol–water partition coefficient (Wildman–Crippen LogP) is 2.69. The van der Waals surface area contributed by atoms with E-state index in [4.69, 9.17) is 4.74 Å². The molecule has 0 aliphatic rings. The summed E-state index contributed by atoms with van der Waals surface area (Å²) in [5.74, 6) is -0.0504. The second kappa shape index (κ2) is 6.25. The van der Waals surface area contributed by atoms with E-state index in [1.54, 1.807) is 25.3 Å². The lowest BCUT2D eigenvalue weighted by Crippen LogP contribution is -2.15. The van der Waals surface area contributed by atoms with E-state index in [9.17, 15) is 14.6 Å². The normalized spacial score (nSPS) is 11.9. The summed E-state index contributed by atoms with van der Waals surface area (Å²) in [5, 5.41) is 21.9. The minimum atomic E-state index is -0.550. The van der Waals surface area contributed by atoms with Crippen molar-refractivity contribution in [3.63, 3.8) is 0 Å². The van der Waals surface area contributed by atoms with Crippen molar-refractivity contribution in [2.24, 2.45) is 0 Å². The van der Waals surface area contributed by atoms with E-state index in [1.807, 2.05) is 6.07 Å². The number of aliphatic hydroxyl groups is 1. The molecule has 20 heavy (non-hydrogen) atoms. The zero-order valence-electron chi connectivity index (χ0n) is 11.0. The topological polar surface area (TPSA) is 61.7 Å². The first-order chi connectivity index (χ1) is 9.62. The van der Waals surface area contributed by atoms with Crippen LogP contribution in [0.15, 0.2) is 42.5 Å². The molecule has 5 heteroatoms. The van der Waals surface area contributed by atoms with Gasteiger partial charge in [-0.05, 0) is 29.8 Å². The number of hydrogen-bond donors (Lipinski definition) is 3. The molecule has 0 saturated heterocycles. The number of halogens is 1. The fraction of sp³-hybridized carbons (Fsp3) is 0.200. The van der Waals surface area contributed by atoms with Crippen molar-refractivity contribution in [3.05, 3.63) is 53.8 Å². The molecule has 0 fully saturated rings. The maximum absolute atomic E-state index is 13.3. The number of rotatable bonds is 5. The zero-order valence-corrected chi connectivity index (χ0v) is 11.0. The summed E-state index contributed by atoms with van der Waals surface area (Å²) in [4.78, 5) is 0. The van der Waals surface area contributed by atoms with Crippen LogP contribution in [0.25, 0.3) is 0 Å². The van der Waals surface area contributed by atoms with Gasteiger partial charge in [0.2, 0.25) is 0 Å². The number of anilines is 1. The quantitative estimate of drug-likeness (QED) is 0.786. The van der Waals surface area contributed by atoms with E-state index in [-0.39, 0.29) is 12.4 Å². The Hall–Kier alpha value is -2.27. The second-order valence-electron chi connectivity index (χ2n) is 4.35. The van der Waals surface area contributed by atoms with Crippen molar-refractivity contribution < 1.29 is 19.3 Å². The van der Waals surface area contributed by atoms with E-state index in [1.165, 1.54) is 12.1 Å². The van der Waals surface area contributed by atoms with Gasteiger partial charge in [0.25, 0.3) is 0 Å². The summed E-state index contributed by atoms with van der Waals surface area (Å²) in [6.07, 6.45) is 0. The number of aromatic hydroxyl groups is 1. The molecule has 0 bridgehead atoms. The van der Waals surface area contributed by atoms with Crippen LogP contribution in [0.1, 0.15) is 11.6 Å². The van der Waals surface area contributed by atoms with Gasteiger partial charge in [0.05, 0.1) is 19.8 Å². The summed E-state index contributed by atoms with van der Waals surface area (Å²) >= 11 is 0. The second-order valence-corrected chi connectivity index (χ2v) is 4.35. The minimum absolute atomic E-state index is 0.175. The molecule has 4 nitrogen and oxygen atoms in total. The summed E-state index contributed by atoms with van der Waals surface area (Å²) in [6, 6.07) is 10.4. The number of aliphatic hydroxyl groups excluding tert-OH is 1. The number of benzene rings is 2. The molecule has 106 valence electrons. The molecule has 0 spiro atoms. The van der Waals surface area contributed by atoms with Gasteiger partial charge in [0, 0.05) is 17.8 Å². The van der Waals surface area contributed by atoms with Crippen LogP contribution in [0.4, 0.5) is 10.1 Å². The van der Waals surface area contributed by atoms with Crippen molar-refractivity contribution >= 4 is 5.69 Å². The van der Waals surface area contributed by atoms with E-state index >= 15 is 0 Å². The first-order valence-corrected chi connectivity index (χ1v) is 6.13. The van der Waals surface area contributed by atoms with Gasteiger partial charge in [0.1, 0.15) is 17.3 Å². The highest BCUT2D eigenvalue weighted by molar-refractivity contribution is 5.50. The number of nitrogens with one attached hydrogen (secondary N) is 1. The highest BCUT2D eigenvalue weighted by Gasteiger charge is 2.13. The molecule has 0 aliphatic carbocycles. The Kier molecular flexibility index (Phi) is 4.42. The fourth-order valence-electron chi connectivity index (χ4n) is 1.95.